The highest BCUT2D eigenvalue weighted by Gasteiger charge is 2.27. The molecule has 1 atom stereocenters. The molecule has 26 heavy (non-hydrogen) atoms. The van der Waals surface area contributed by atoms with Gasteiger partial charge in [0.1, 0.15) is 5.82 Å². The first-order chi connectivity index (χ1) is 12.7. The Morgan fingerprint density at radius 2 is 2.15 bits per heavy atom. The molecular formula is C19H29FN4OS. The van der Waals surface area contributed by atoms with Gasteiger partial charge in [0.05, 0.1) is 13.2 Å². The third-order valence-electron chi connectivity index (χ3n) is 5.10. The van der Waals surface area contributed by atoms with Crippen LogP contribution in [0.15, 0.2) is 28.1 Å². The van der Waals surface area contributed by atoms with E-state index in [9.17, 15) is 4.39 Å². The van der Waals surface area contributed by atoms with Gasteiger partial charge in [-0.1, -0.05) is 0 Å². The highest BCUT2D eigenvalue weighted by Crippen LogP contribution is 2.22. The van der Waals surface area contributed by atoms with E-state index in [-0.39, 0.29) is 5.82 Å². The fourth-order valence-corrected chi connectivity index (χ4v) is 4.31. The van der Waals surface area contributed by atoms with Gasteiger partial charge < -0.3 is 15.0 Å². The Morgan fingerprint density at radius 1 is 1.35 bits per heavy atom. The lowest BCUT2D eigenvalue weighted by Crippen LogP contribution is -2.42. The number of halogens is 1. The fraction of sp³-hybridized carbons (Fsp3) is 0.632. The average molecular weight is 381 g/mol. The second-order valence-corrected chi connectivity index (χ2v) is 7.72. The number of hydrogen-bond acceptors (Lipinski definition) is 4. The van der Waals surface area contributed by atoms with Crippen molar-refractivity contribution in [2.45, 2.75) is 17.9 Å². The van der Waals surface area contributed by atoms with E-state index in [0.717, 1.165) is 62.4 Å². The molecule has 0 amide bonds. The minimum absolute atomic E-state index is 0.193. The molecule has 2 aliphatic heterocycles. The van der Waals surface area contributed by atoms with Crippen LogP contribution in [0.5, 0.6) is 0 Å². The zero-order valence-electron chi connectivity index (χ0n) is 15.7. The standard InChI is InChI=1S/C19H29FN4OS/c1-21-19(22-12-16-11-17(20)3-4-18(16)26-2)24-6-5-15(14-24)13-23-7-9-25-10-8-23/h3-4,11,15H,5-10,12-14H2,1-2H3,(H,21,22). The molecule has 0 aromatic heterocycles. The Hall–Kier alpha value is -1.31. The molecule has 2 fully saturated rings. The summed E-state index contributed by atoms with van der Waals surface area (Å²) in [7, 11) is 1.82. The normalized spacial score (nSPS) is 22.0. The van der Waals surface area contributed by atoms with Crippen molar-refractivity contribution in [3.8, 4) is 0 Å². The van der Waals surface area contributed by atoms with Crippen molar-refractivity contribution in [1.29, 1.82) is 0 Å². The molecule has 1 aromatic carbocycles. The Bertz CT molecular complexity index is 622. The predicted octanol–water partition coefficient (Wildman–Crippen LogP) is 2.28. The second kappa shape index (κ2) is 9.58. The first kappa shape index (κ1) is 19.5. The number of aliphatic imine (C=N–C) groups is 1. The van der Waals surface area contributed by atoms with Crippen molar-refractivity contribution in [3.05, 3.63) is 29.6 Å². The number of nitrogens with zero attached hydrogens (tertiary/aromatic N) is 3. The molecule has 0 spiro atoms. The van der Waals surface area contributed by atoms with Crippen LogP contribution >= 0.6 is 11.8 Å². The molecule has 0 saturated carbocycles. The lowest BCUT2D eigenvalue weighted by molar-refractivity contribution is 0.0315. The number of thioether (sulfide) groups is 1. The van der Waals surface area contributed by atoms with Crippen LogP contribution in [0.3, 0.4) is 0 Å². The van der Waals surface area contributed by atoms with Crippen LogP contribution in [0.4, 0.5) is 4.39 Å². The molecule has 0 radical (unpaired) electrons. The SMILES string of the molecule is CN=C(NCc1cc(F)ccc1SC)N1CCC(CN2CCOCC2)C1. The number of guanidine groups is 1. The summed E-state index contributed by atoms with van der Waals surface area (Å²) in [5, 5.41) is 3.42. The molecule has 1 unspecified atom stereocenters. The van der Waals surface area contributed by atoms with Crippen LogP contribution in [0.2, 0.25) is 0 Å². The molecule has 1 N–H and O–H groups in total. The predicted molar refractivity (Wildman–Crippen MR) is 105 cm³/mol. The summed E-state index contributed by atoms with van der Waals surface area (Å²) in [5.74, 6) is 1.38. The van der Waals surface area contributed by atoms with Crippen molar-refractivity contribution < 1.29 is 9.13 Å². The Kier molecular flexibility index (Phi) is 7.16. The summed E-state index contributed by atoms with van der Waals surface area (Å²) in [6.07, 6.45) is 3.20. The van der Waals surface area contributed by atoms with E-state index in [4.69, 9.17) is 4.74 Å². The van der Waals surface area contributed by atoms with E-state index in [1.165, 1.54) is 12.5 Å². The Morgan fingerprint density at radius 3 is 2.88 bits per heavy atom. The third-order valence-corrected chi connectivity index (χ3v) is 5.93. The Balaban J connectivity index is 1.52. The number of nitrogens with one attached hydrogen (secondary N) is 1. The number of benzene rings is 1. The molecule has 0 aliphatic carbocycles. The number of likely N-dealkylation sites (tertiary alicyclic amines) is 1. The minimum Gasteiger partial charge on any atom is -0.379 e. The number of hydrogen-bond donors (Lipinski definition) is 1. The maximum absolute atomic E-state index is 13.6. The number of rotatable bonds is 5. The van der Waals surface area contributed by atoms with E-state index < -0.39 is 0 Å². The maximum Gasteiger partial charge on any atom is 0.193 e. The number of ether oxygens (including phenoxy) is 1. The quantitative estimate of drug-likeness (QED) is 0.482. The summed E-state index contributed by atoms with van der Waals surface area (Å²) in [6.45, 7) is 7.56. The van der Waals surface area contributed by atoms with Crippen molar-refractivity contribution >= 4 is 17.7 Å². The van der Waals surface area contributed by atoms with E-state index in [2.05, 4.69) is 20.1 Å². The van der Waals surface area contributed by atoms with Crippen LogP contribution in [-0.2, 0) is 11.3 Å². The Labute approximate surface area is 160 Å². The van der Waals surface area contributed by atoms with Gasteiger partial charge in [-0.25, -0.2) is 4.39 Å². The van der Waals surface area contributed by atoms with Crippen molar-refractivity contribution in [2.24, 2.45) is 10.9 Å². The van der Waals surface area contributed by atoms with Crippen LogP contribution in [0.25, 0.3) is 0 Å². The van der Waals surface area contributed by atoms with Crippen LogP contribution in [0.1, 0.15) is 12.0 Å². The van der Waals surface area contributed by atoms with Crippen molar-refractivity contribution in [3.63, 3.8) is 0 Å². The van der Waals surface area contributed by atoms with E-state index in [1.807, 2.05) is 19.4 Å². The molecule has 3 rings (SSSR count). The van der Waals surface area contributed by atoms with E-state index in [0.29, 0.717) is 12.5 Å². The maximum atomic E-state index is 13.6. The summed E-state index contributed by atoms with van der Waals surface area (Å²) < 4.78 is 19.0. The fourth-order valence-electron chi connectivity index (χ4n) is 3.71. The van der Waals surface area contributed by atoms with Gasteiger partial charge in [-0.3, -0.25) is 9.89 Å². The zero-order chi connectivity index (χ0) is 18.4. The van der Waals surface area contributed by atoms with Gasteiger partial charge in [0, 0.05) is 51.2 Å². The van der Waals surface area contributed by atoms with Crippen LogP contribution in [-0.4, -0.2) is 75.0 Å². The van der Waals surface area contributed by atoms with Crippen molar-refractivity contribution in [1.82, 2.24) is 15.1 Å². The molecule has 2 heterocycles. The average Bonchev–Trinajstić information content (AvgIpc) is 3.11. The summed E-state index contributed by atoms with van der Waals surface area (Å²) >= 11 is 1.64. The van der Waals surface area contributed by atoms with Gasteiger partial charge >= 0.3 is 0 Å². The van der Waals surface area contributed by atoms with E-state index >= 15 is 0 Å². The highest BCUT2D eigenvalue weighted by atomic mass is 32.2. The van der Waals surface area contributed by atoms with Gasteiger partial charge in [-0.2, -0.15) is 0 Å². The molecule has 2 aliphatic rings. The first-order valence-electron chi connectivity index (χ1n) is 9.27. The lowest BCUT2D eigenvalue weighted by atomic mass is 10.1. The third kappa shape index (κ3) is 5.11. The van der Waals surface area contributed by atoms with Gasteiger partial charge in [0.15, 0.2) is 5.96 Å². The number of morpholine rings is 1. The summed E-state index contributed by atoms with van der Waals surface area (Å²) in [6, 6.07) is 4.96. The van der Waals surface area contributed by atoms with Crippen LogP contribution in [0, 0.1) is 11.7 Å². The smallest absolute Gasteiger partial charge is 0.193 e. The topological polar surface area (TPSA) is 40.1 Å². The van der Waals surface area contributed by atoms with Crippen molar-refractivity contribution in [2.75, 3.05) is 59.2 Å². The molecule has 7 heteroatoms. The van der Waals surface area contributed by atoms with Gasteiger partial charge in [0.2, 0.25) is 0 Å². The highest BCUT2D eigenvalue weighted by molar-refractivity contribution is 7.98. The summed E-state index contributed by atoms with van der Waals surface area (Å²) in [5.41, 5.74) is 0.975. The molecule has 0 bridgehead atoms. The largest absolute Gasteiger partial charge is 0.379 e. The zero-order valence-corrected chi connectivity index (χ0v) is 16.5. The second-order valence-electron chi connectivity index (χ2n) is 6.87. The monoisotopic (exact) mass is 380 g/mol. The lowest BCUT2D eigenvalue weighted by Gasteiger charge is -2.29. The molecule has 2 saturated heterocycles. The molecule has 1 aromatic rings. The van der Waals surface area contributed by atoms with Gasteiger partial charge in [-0.05, 0) is 42.4 Å². The summed E-state index contributed by atoms with van der Waals surface area (Å²) in [4.78, 5) is 10.4. The molecule has 144 valence electrons. The first-order valence-corrected chi connectivity index (χ1v) is 10.5. The van der Waals surface area contributed by atoms with Gasteiger partial charge in [0.25, 0.3) is 0 Å². The van der Waals surface area contributed by atoms with Gasteiger partial charge in [-0.15, -0.1) is 11.8 Å². The van der Waals surface area contributed by atoms with Crippen LogP contribution < -0.4 is 5.32 Å². The molecular weight excluding hydrogens is 351 g/mol. The van der Waals surface area contributed by atoms with E-state index in [1.54, 1.807) is 17.8 Å². The minimum atomic E-state index is -0.193. The molecule has 5 nitrogen and oxygen atoms in total.